The minimum absolute atomic E-state index is 0.840. The lowest BCUT2D eigenvalue weighted by atomic mass is 9.92. The number of hydrogen-bond donors (Lipinski definition) is 1. The molecule has 1 aromatic carbocycles. The van der Waals surface area contributed by atoms with Crippen molar-refractivity contribution in [2.45, 2.75) is 25.7 Å². The molecular formula is C14H22N2. The van der Waals surface area contributed by atoms with Crippen molar-refractivity contribution in [2.24, 2.45) is 5.92 Å². The molecule has 2 N–H and O–H groups in total. The molecule has 2 heteroatoms. The van der Waals surface area contributed by atoms with Crippen LogP contribution in [0.15, 0.2) is 24.3 Å². The zero-order chi connectivity index (χ0) is 11.4. The molecule has 0 aliphatic carbocycles. The molecule has 0 aromatic heterocycles. The first-order valence-corrected chi connectivity index (χ1v) is 6.27. The van der Waals surface area contributed by atoms with Crippen molar-refractivity contribution in [3.63, 3.8) is 0 Å². The van der Waals surface area contributed by atoms with Crippen LogP contribution in [0.25, 0.3) is 0 Å². The number of rotatable bonds is 2. The van der Waals surface area contributed by atoms with Crippen molar-refractivity contribution in [1.29, 1.82) is 0 Å². The van der Waals surface area contributed by atoms with E-state index in [4.69, 9.17) is 5.73 Å². The normalized spacial score (nSPS) is 22.9. The van der Waals surface area contributed by atoms with Crippen LogP contribution in [-0.4, -0.2) is 25.0 Å². The Kier molecular flexibility index (Phi) is 3.83. The van der Waals surface area contributed by atoms with Gasteiger partial charge in [-0.05, 0) is 69.4 Å². The van der Waals surface area contributed by atoms with Crippen molar-refractivity contribution >= 4 is 5.69 Å². The van der Waals surface area contributed by atoms with E-state index in [-0.39, 0.29) is 0 Å². The van der Waals surface area contributed by atoms with Gasteiger partial charge in [-0.15, -0.1) is 0 Å². The van der Waals surface area contributed by atoms with Crippen LogP contribution < -0.4 is 5.73 Å². The molecular weight excluding hydrogens is 196 g/mol. The van der Waals surface area contributed by atoms with Gasteiger partial charge < -0.3 is 10.6 Å². The maximum absolute atomic E-state index is 5.81. The zero-order valence-corrected chi connectivity index (χ0v) is 10.2. The molecule has 1 saturated heterocycles. The smallest absolute Gasteiger partial charge is 0.0316 e. The summed E-state index contributed by atoms with van der Waals surface area (Å²) in [7, 11) is 2.23. The monoisotopic (exact) mass is 218 g/mol. The average molecular weight is 218 g/mol. The summed E-state index contributed by atoms with van der Waals surface area (Å²) in [4.78, 5) is 2.44. The molecule has 1 aromatic rings. The second-order valence-corrected chi connectivity index (χ2v) is 5.05. The van der Waals surface area contributed by atoms with Crippen molar-refractivity contribution in [3.8, 4) is 0 Å². The summed E-state index contributed by atoms with van der Waals surface area (Å²) in [6.45, 7) is 2.50. The molecule has 0 amide bonds. The number of nitrogens with two attached hydrogens (primary N) is 1. The highest BCUT2D eigenvalue weighted by Crippen LogP contribution is 2.22. The third-order valence-corrected chi connectivity index (χ3v) is 3.55. The zero-order valence-electron chi connectivity index (χ0n) is 10.2. The summed E-state index contributed by atoms with van der Waals surface area (Å²) < 4.78 is 0. The third kappa shape index (κ3) is 3.24. The molecule has 1 unspecified atom stereocenters. The minimum Gasteiger partial charge on any atom is -0.399 e. The Labute approximate surface area is 98.4 Å². The number of nitrogens with zero attached hydrogens (tertiary/aromatic N) is 1. The summed E-state index contributed by atoms with van der Waals surface area (Å²) in [6.07, 6.45) is 5.22. The highest BCUT2D eigenvalue weighted by Gasteiger charge is 2.15. The van der Waals surface area contributed by atoms with Gasteiger partial charge in [0.2, 0.25) is 0 Å². The molecule has 0 saturated carbocycles. The SMILES string of the molecule is CN1CCCC(Cc2cccc(N)c2)CC1. The molecule has 1 heterocycles. The van der Waals surface area contributed by atoms with Crippen molar-refractivity contribution in [1.82, 2.24) is 4.90 Å². The summed E-state index contributed by atoms with van der Waals surface area (Å²) >= 11 is 0. The van der Waals surface area contributed by atoms with Crippen molar-refractivity contribution in [2.75, 3.05) is 25.9 Å². The van der Waals surface area contributed by atoms with Gasteiger partial charge in [-0.2, -0.15) is 0 Å². The van der Waals surface area contributed by atoms with Gasteiger partial charge in [-0.3, -0.25) is 0 Å². The third-order valence-electron chi connectivity index (χ3n) is 3.55. The molecule has 0 spiro atoms. The second-order valence-electron chi connectivity index (χ2n) is 5.05. The Bertz CT molecular complexity index is 335. The maximum atomic E-state index is 5.81. The quantitative estimate of drug-likeness (QED) is 0.773. The lowest BCUT2D eigenvalue weighted by Gasteiger charge is -2.15. The first-order valence-electron chi connectivity index (χ1n) is 6.27. The fourth-order valence-electron chi connectivity index (χ4n) is 2.57. The Balaban J connectivity index is 1.93. The lowest BCUT2D eigenvalue weighted by Crippen LogP contribution is -2.19. The first kappa shape index (κ1) is 11.5. The van der Waals surface area contributed by atoms with Gasteiger partial charge in [-0.1, -0.05) is 12.1 Å². The van der Waals surface area contributed by atoms with Crippen LogP contribution in [0.1, 0.15) is 24.8 Å². The highest BCUT2D eigenvalue weighted by atomic mass is 15.1. The fourth-order valence-corrected chi connectivity index (χ4v) is 2.57. The van der Waals surface area contributed by atoms with Crippen LogP contribution in [0.4, 0.5) is 5.69 Å². The maximum Gasteiger partial charge on any atom is 0.0316 e. The molecule has 1 fully saturated rings. The molecule has 2 rings (SSSR count). The van der Waals surface area contributed by atoms with Gasteiger partial charge >= 0.3 is 0 Å². The number of nitrogen functional groups attached to an aromatic ring is 1. The van der Waals surface area contributed by atoms with Gasteiger partial charge in [0.15, 0.2) is 0 Å². The second kappa shape index (κ2) is 5.35. The van der Waals surface area contributed by atoms with E-state index in [9.17, 15) is 0 Å². The fraction of sp³-hybridized carbons (Fsp3) is 0.571. The standard InChI is InChI=1S/C14H22N2/c1-16-8-3-5-12(7-9-16)10-13-4-2-6-14(15)11-13/h2,4,6,11-12H,3,5,7-10,15H2,1H3. The van der Waals surface area contributed by atoms with E-state index in [0.717, 1.165) is 11.6 Å². The van der Waals surface area contributed by atoms with Gasteiger partial charge in [0.1, 0.15) is 0 Å². The van der Waals surface area contributed by atoms with Crippen LogP contribution >= 0.6 is 0 Å². The van der Waals surface area contributed by atoms with Crippen molar-refractivity contribution < 1.29 is 0 Å². The van der Waals surface area contributed by atoms with Crippen LogP contribution in [-0.2, 0) is 6.42 Å². The van der Waals surface area contributed by atoms with E-state index in [1.54, 1.807) is 0 Å². The largest absolute Gasteiger partial charge is 0.399 e. The molecule has 88 valence electrons. The minimum atomic E-state index is 0.840. The molecule has 1 aliphatic heterocycles. The van der Waals surface area contributed by atoms with Crippen LogP contribution in [0.3, 0.4) is 0 Å². The first-order chi connectivity index (χ1) is 7.74. The number of benzene rings is 1. The highest BCUT2D eigenvalue weighted by molar-refractivity contribution is 5.40. The Morgan fingerprint density at radius 1 is 1.31 bits per heavy atom. The van der Waals surface area contributed by atoms with Crippen LogP contribution in [0, 0.1) is 5.92 Å². The molecule has 2 nitrogen and oxygen atoms in total. The summed E-state index contributed by atoms with van der Waals surface area (Å²) in [6, 6.07) is 8.34. The van der Waals surface area contributed by atoms with E-state index < -0.39 is 0 Å². The van der Waals surface area contributed by atoms with Gasteiger partial charge in [0, 0.05) is 5.69 Å². The molecule has 1 aliphatic rings. The number of likely N-dealkylation sites (tertiary alicyclic amines) is 1. The molecule has 1 atom stereocenters. The molecule has 16 heavy (non-hydrogen) atoms. The molecule has 0 bridgehead atoms. The number of hydrogen-bond acceptors (Lipinski definition) is 2. The summed E-state index contributed by atoms with van der Waals surface area (Å²) in [5, 5.41) is 0. The number of anilines is 1. The van der Waals surface area contributed by atoms with E-state index in [1.165, 1.54) is 44.3 Å². The average Bonchev–Trinajstić information content (AvgIpc) is 2.44. The van der Waals surface area contributed by atoms with Gasteiger partial charge in [0.25, 0.3) is 0 Å². The predicted molar refractivity (Wildman–Crippen MR) is 69.4 cm³/mol. The Morgan fingerprint density at radius 3 is 3.00 bits per heavy atom. The van der Waals surface area contributed by atoms with Crippen molar-refractivity contribution in [3.05, 3.63) is 29.8 Å². The summed E-state index contributed by atoms with van der Waals surface area (Å²) in [5.74, 6) is 0.840. The van der Waals surface area contributed by atoms with E-state index in [2.05, 4.69) is 30.1 Å². The van der Waals surface area contributed by atoms with E-state index in [1.807, 2.05) is 6.07 Å². The Hall–Kier alpha value is -1.02. The predicted octanol–water partition coefficient (Wildman–Crippen LogP) is 2.54. The summed E-state index contributed by atoms with van der Waals surface area (Å²) in [5.41, 5.74) is 8.10. The van der Waals surface area contributed by atoms with Gasteiger partial charge in [-0.25, -0.2) is 0 Å². The molecule has 0 radical (unpaired) electrons. The Morgan fingerprint density at radius 2 is 2.19 bits per heavy atom. The van der Waals surface area contributed by atoms with E-state index >= 15 is 0 Å². The topological polar surface area (TPSA) is 29.3 Å². The van der Waals surface area contributed by atoms with Crippen LogP contribution in [0.5, 0.6) is 0 Å². The van der Waals surface area contributed by atoms with Gasteiger partial charge in [0.05, 0.1) is 0 Å². The van der Waals surface area contributed by atoms with E-state index in [0.29, 0.717) is 0 Å². The van der Waals surface area contributed by atoms with Crippen LogP contribution in [0.2, 0.25) is 0 Å². The lowest BCUT2D eigenvalue weighted by molar-refractivity contribution is 0.341.